The molecule has 0 bridgehead atoms. The molecule has 4 N–H and O–H groups in total. The molecule has 3 amide bonds. The zero-order valence-electron chi connectivity index (χ0n) is 16.7. The van der Waals surface area contributed by atoms with Crippen LogP contribution in [-0.2, 0) is 25.3 Å². The quantitative estimate of drug-likeness (QED) is 0.640. The fraction of sp³-hybridized carbons (Fsp3) is 0.450. The lowest BCUT2D eigenvalue weighted by molar-refractivity contribution is -0.142. The van der Waals surface area contributed by atoms with Gasteiger partial charge in [-0.05, 0) is 31.2 Å². The van der Waals surface area contributed by atoms with Crippen LogP contribution in [0.3, 0.4) is 0 Å². The summed E-state index contributed by atoms with van der Waals surface area (Å²) in [6.07, 6.45) is -3.88. The lowest BCUT2D eigenvalue weighted by atomic mass is 9.74. The number of nitrogens with two attached hydrogens (primary N) is 2. The maximum Gasteiger partial charge on any atom is 0.416 e. The maximum atomic E-state index is 13.4. The topological polar surface area (TPSA) is 119 Å². The minimum Gasteiger partial charge on any atom is -0.379 e. The normalized spacial score (nSPS) is 22.9. The average molecular weight is 440 g/mol. The van der Waals surface area contributed by atoms with Gasteiger partial charge in [0.1, 0.15) is 5.41 Å². The van der Waals surface area contributed by atoms with Crippen LogP contribution in [0.25, 0.3) is 0 Å². The van der Waals surface area contributed by atoms with E-state index in [1.54, 1.807) is 0 Å². The highest BCUT2D eigenvalue weighted by Crippen LogP contribution is 2.40. The van der Waals surface area contributed by atoms with Gasteiger partial charge in [0.15, 0.2) is 0 Å². The molecule has 11 heteroatoms. The van der Waals surface area contributed by atoms with Gasteiger partial charge in [-0.1, -0.05) is 6.07 Å². The number of primary amides is 2. The Morgan fingerprint density at radius 1 is 1.16 bits per heavy atom. The van der Waals surface area contributed by atoms with E-state index in [4.69, 9.17) is 16.2 Å². The summed E-state index contributed by atoms with van der Waals surface area (Å²) in [5.41, 5.74) is 8.02. The maximum absolute atomic E-state index is 13.4. The van der Waals surface area contributed by atoms with Crippen molar-refractivity contribution in [1.82, 2.24) is 4.90 Å². The van der Waals surface area contributed by atoms with Crippen LogP contribution in [0.15, 0.2) is 36.0 Å². The summed E-state index contributed by atoms with van der Waals surface area (Å²) < 4.78 is 44.8. The molecule has 2 aliphatic heterocycles. The van der Waals surface area contributed by atoms with E-state index in [1.165, 1.54) is 6.07 Å². The number of carbonyl (C=O) groups is 3. The number of halogens is 3. The number of morpholine rings is 1. The van der Waals surface area contributed by atoms with Gasteiger partial charge >= 0.3 is 6.18 Å². The number of anilines is 1. The van der Waals surface area contributed by atoms with E-state index in [2.05, 4.69) is 0 Å². The van der Waals surface area contributed by atoms with Crippen molar-refractivity contribution >= 4 is 23.4 Å². The van der Waals surface area contributed by atoms with E-state index < -0.39 is 34.9 Å². The van der Waals surface area contributed by atoms with Crippen molar-refractivity contribution in [3.8, 4) is 0 Å². The van der Waals surface area contributed by atoms with Crippen LogP contribution in [0.2, 0.25) is 0 Å². The van der Waals surface area contributed by atoms with E-state index in [1.807, 2.05) is 4.90 Å². The van der Waals surface area contributed by atoms with Gasteiger partial charge in [-0.2, -0.15) is 13.2 Å². The van der Waals surface area contributed by atoms with Crippen molar-refractivity contribution < 1.29 is 32.3 Å². The standard InChI is InChI=1S/C20H23F3N4O4/c21-20(22,23)14-2-1-3-15(10-14)27-12-13(16(24)28)11-19(17(25)29,18(27)30)4-5-26-6-8-31-9-7-26/h1-3,10,12H,4-9,11H2,(H2,24,28)(H2,25,29). The first-order valence-electron chi connectivity index (χ1n) is 9.66. The SMILES string of the molecule is NC(=O)C1=CN(c2cccc(C(F)(F)F)c2)C(=O)C(CCN2CCOCC2)(C(N)=O)C1. The minimum atomic E-state index is -4.64. The largest absolute Gasteiger partial charge is 0.416 e. The lowest BCUT2D eigenvalue weighted by Crippen LogP contribution is -2.55. The molecule has 1 atom stereocenters. The summed E-state index contributed by atoms with van der Waals surface area (Å²) >= 11 is 0. The van der Waals surface area contributed by atoms with Crippen LogP contribution in [-0.4, -0.2) is 55.5 Å². The number of rotatable bonds is 6. The molecule has 1 fully saturated rings. The first kappa shape index (κ1) is 22.8. The van der Waals surface area contributed by atoms with Gasteiger partial charge in [0.05, 0.1) is 18.8 Å². The molecule has 0 radical (unpaired) electrons. The summed E-state index contributed by atoms with van der Waals surface area (Å²) in [5, 5.41) is 0. The third-order valence-electron chi connectivity index (χ3n) is 5.60. The van der Waals surface area contributed by atoms with Gasteiger partial charge in [-0.3, -0.25) is 24.2 Å². The molecule has 168 valence electrons. The predicted octanol–water partition coefficient (Wildman–Crippen LogP) is 1.01. The Bertz CT molecular complexity index is 912. The molecule has 3 rings (SSSR count). The van der Waals surface area contributed by atoms with Crippen LogP contribution in [0.5, 0.6) is 0 Å². The van der Waals surface area contributed by atoms with Gasteiger partial charge in [-0.15, -0.1) is 0 Å². The second-order valence-corrected chi connectivity index (χ2v) is 7.57. The van der Waals surface area contributed by atoms with Crippen LogP contribution in [0, 0.1) is 5.41 Å². The molecule has 0 aromatic heterocycles. The second kappa shape index (κ2) is 8.67. The summed E-state index contributed by atoms with van der Waals surface area (Å²) in [5.74, 6) is -2.64. The van der Waals surface area contributed by atoms with Crippen molar-refractivity contribution in [2.75, 3.05) is 37.7 Å². The first-order valence-corrected chi connectivity index (χ1v) is 9.66. The zero-order chi connectivity index (χ0) is 22.8. The molecule has 0 saturated carbocycles. The molecule has 1 aromatic carbocycles. The van der Waals surface area contributed by atoms with E-state index in [0.29, 0.717) is 32.8 Å². The molecule has 0 spiro atoms. The summed E-state index contributed by atoms with van der Waals surface area (Å²) in [4.78, 5) is 40.7. The van der Waals surface area contributed by atoms with E-state index in [0.717, 1.165) is 29.3 Å². The third kappa shape index (κ3) is 4.72. The molecule has 2 heterocycles. The Balaban J connectivity index is 2.00. The second-order valence-electron chi connectivity index (χ2n) is 7.57. The van der Waals surface area contributed by atoms with Crippen molar-refractivity contribution in [2.45, 2.75) is 19.0 Å². The molecule has 1 aromatic rings. The number of amides is 3. The van der Waals surface area contributed by atoms with Crippen molar-refractivity contribution in [2.24, 2.45) is 16.9 Å². The molecular weight excluding hydrogens is 417 g/mol. The highest BCUT2D eigenvalue weighted by molar-refractivity contribution is 6.15. The Morgan fingerprint density at radius 2 is 1.84 bits per heavy atom. The van der Waals surface area contributed by atoms with Crippen LogP contribution >= 0.6 is 0 Å². The number of alkyl halides is 3. The lowest BCUT2D eigenvalue weighted by Gasteiger charge is -2.39. The smallest absolute Gasteiger partial charge is 0.379 e. The number of carbonyl (C=O) groups excluding carboxylic acids is 3. The fourth-order valence-electron chi connectivity index (χ4n) is 3.75. The van der Waals surface area contributed by atoms with Gasteiger partial charge < -0.3 is 16.2 Å². The summed E-state index contributed by atoms with van der Waals surface area (Å²) in [7, 11) is 0. The van der Waals surface area contributed by atoms with Gasteiger partial charge in [0, 0.05) is 37.0 Å². The van der Waals surface area contributed by atoms with Crippen molar-refractivity contribution in [3.05, 3.63) is 41.6 Å². The monoisotopic (exact) mass is 440 g/mol. The highest BCUT2D eigenvalue weighted by Gasteiger charge is 2.50. The van der Waals surface area contributed by atoms with Crippen LogP contribution in [0.4, 0.5) is 18.9 Å². The first-order chi connectivity index (χ1) is 14.5. The number of ether oxygens (including phenoxy) is 1. The molecule has 31 heavy (non-hydrogen) atoms. The van der Waals surface area contributed by atoms with Gasteiger partial charge in [0.25, 0.3) is 0 Å². The highest BCUT2D eigenvalue weighted by atomic mass is 19.4. The average Bonchev–Trinajstić information content (AvgIpc) is 2.73. The molecule has 1 unspecified atom stereocenters. The third-order valence-corrected chi connectivity index (χ3v) is 5.60. The van der Waals surface area contributed by atoms with Crippen molar-refractivity contribution in [3.63, 3.8) is 0 Å². The molecule has 0 aliphatic carbocycles. The predicted molar refractivity (Wildman–Crippen MR) is 104 cm³/mol. The molecule has 2 aliphatic rings. The summed E-state index contributed by atoms with van der Waals surface area (Å²) in [6, 6.07) is 4.04. The zero-order valence-corrected chi connectivity index (χ0v) is 16.7. The summed E-state index contributed by atoms with van der Waals surface area (Å²) in [6.45, 7) is 2.51. The van der Waals surface area contributed by atoms with Crippen LogP contribution < -0.4 is 16.4 Å². The Morgan fingerprint density at radius 3 is 2.42 bits per heavy atom. The molecule has 8 nitrogen and oxygen atoms in total. The number of hydrogen-bond donors (Lipinski definition) is 2. The Kier molecular flexibility index (Phi) is 6.37. The Labute approximate surface area is 176 Å². The molecular formula is C20H23F3N4O4. The van der Waals surface area contributed by atoms with Crippen molar-refractivity contribution in [1.29, 1.82) is 0 Å². The fourth-order valence-corrected chi connectivity index (χ4v) is 3.75. The van der Waals surface area contributed by atoms with E-state index in [9.17, 15) is 27.6 Å². The van der Waals surface area contributed by atoms with Gasteiger partial charge in [-0.25, -0.2) is 0 Å². The van der Waals surface area contributed by atoms with E-state index >= 15 is 0 Å². The number of hydrogen-bond acceptors (Lipinski definition) is 5. The Hall–Kier alpha value is -2.92. The van der Waals surface area contributed by atoms with Crippen LogP contribution in [0.1, 0.15) is 18.4 Å². The van der Waals surface area contributed by atoms with Gasteiger partial charge in [0.2, 0.25) is 17.7 Å². The molecule has 1 saturated heterocycles. The number of benzene rings is 1. The number of nitrogens with zero attached hydrogens (tertiary/aromatic N) is 2. The van der Waals surface area contributed by atoms with E-state index in [-0.39, 0.29) is 24.1 Å². The minimum absolute atomic E-state index is 0.0127.